The van der Waals surface area contributed by atoms with Crippen LogP contribution in [-0.4, -0.2) is 22.0 Å². The van der Waals surface area contributed by atoms with Crippen molar-refractivity contribution in [1.29, 1.82) is 0 Å². The number of amides is 2. The third-order valence-electron chi connectivity index (χ3n) is 6.11. The van der Waals surface area contributed by atoms with Crippen LogP contribution in [0.4, 0.5) is 10.8 Å². The van der Waals surface area contributed by atoms with Gasteiger partial charge in [-0.3, -0.25) is 9.59 Å². The molecule has 1 saturated carbocycles. The highest BCUT2D eigenvalue weighted by Gasteiger charge is 2.22. The number of nitrogens with zero attached hydrogens (tertiary/aromatic N) is 1. The van der Waals surface area contributed by atoms with Gasteiger partial charge in [0.2, 0.25) is 11.8 Å². The summed E-state index contributed by atoms with van der Waals surface area (Å²) >= 11 is 2.96. The molecule has 1 unspecified atom stereocenters. The number of rotatable bonds is 7. The number of thiazole rings is 1. The van der Waals surface area contributed by atoms with Gasteiger partial charge in [0, 0.05) is 26.9 Å². The molecule has 5 nitrogen and oxygen atoms in total. The van der Waals surface area contributed by atoms with E-state index in [0.29, 0.717) is 5.13 Å². The summed E-state index contributed by atoms with van der Waals surface area (Å²) in [6.07, 6.45) is 5.43. The maximum absolute atomic E-state index is 12.9. The Morgan fingerprint density at radius 1 is 1.03 bits per heavy atom. The van der Waals surface area contributed by atoms with Crippen LogP contribution in [0.5, 0.6) is 0 Å². The first-order valence-electron chi connectivity index (χ1n) is 11.8. The van der Waals surface area contributed by atoms with Gasteiger partial charge in [-0.2, -0.15) is 0 Å². The molecule has 2 amide bonds. The molecular weight excluding hydrogens is 462 g/mol. The zero-order valence-electron chi connectivity index (χ0n) is 19.9. The number of hydrogen-bond acceptors (Lipinski definition) is 5. The van der Waals surface area contributed by atoms with Crippen molar-refractivity contribution in [2.45, 2.75) is 63.0 Å². The summed E-state index contributed by atoms with van der Waals surface area (Å²) in [5.41, 5.74) is 3.94. The van der Waals surface area contributed by atoms with E-state index in [2.05, 4.69) is 46.8 Å². The molecule has 1 atom stereocenters. The molecular formula is C27H31N3O2S2. The van der Waals surface area contributed by atoms with E-state index in [0.717, 1.165) is 52.4 Å². The number of aromatic nitrogens is 1. The molecule has 34 heavy (non-hydrogen) atoms. The van der Waals surface area contributed by atoms with Crippen molar-refractivity contribution in [3.63, 3.8) is 0 Å². The summed E-state index contributed by atoms with van der Waals surface area (Å²) in [7, 11) is 0. The van der Waals surface area contributed by atoms with Gasteiger partial charge >= 0.3 is 0 Å². The average Bonchev–Trinajstić information content (AvgIpc) is 3.20. The molecule has 0 saturated heterocycles. The van der Waals surface area contributed by atoms with E-state index < -0.39 is 0 Å². The standard InChI is InChI=1S/C27H31N3O2S2/c1-17-12-14-20(15-13-17)24-18(2)34-27(29-24)30-25(31)19(3)33-23-11-7-10-22(16-23)28-26(32)21-8-5-4-6-9-21/h7,10-16,19,21H,4-6,8-9H2,1-3H3,(H,28,32)(H,29,30,31). The van der Waals surface area contributed by atoms with Gasteiger partial charge in [0.25, 0.3) is 0 Å². The summed E-state index contributed by atoms with van der Waals surface area (Å²) in [5.74, 6) is 0.128. The molecule has 2 N–H and O–H groups in total. The largest absolute Gasteiger partial charge is 0.326 e. The molecule has 1 fully saturated rings. The minimum Gasteiger partial charge on any atom is -0.326 e. The van der Waals surface area contributed by atoms with Crippen molar-refractivity contribution in [2.24, 2.45) is 5.92 Å². The van der Waals surface area contributed by atoms with Crippen LogP contribution in [0.2, 0.25) is 0 Å². The Balaban J connectivity index is 1.35. The number of aryl methyl sites for hydroxylation is 2. The highest BCUT2D eigenvalue weighted by molar-refractivity contribution is 8.00. The van der Waals surface area contributed by atoms with Crippen LogP contribution in [0.25, 0.3) is 11.3 Å². The lowest BCUT2D eigenvalue weighted by atomic mass is 9.88. The minimum absolute atomic E-state index is 0.0918. The molecule has 7 heteroatoms. The van der Waals surface area contributed by atoms with Crippen molar-refractivity contribution in [2.75, 3.05) is 10.6 Å². The van der Waals surface area contributed by atoms with Crippen molar-refractivity contribution < 1.29 is 9.59 Å². The lowest BCUT2D eigenvalue weighted by Gasteiger charge is -2.21. The Labute approximate surface area is 209 Å². The lowest BCUT2D eigenvalue weighted by molar-refractivity contribution is -0.120. The monoisotopic (exact) mass is 493 g/mol. The summed E-state index contributed by atoms with van der Waals surface area (Å²) < 4.78 is 0. The van der Waals surface area contributed by atoms with E-state index in [9.17, 15) is 9.59 Å². The van der Waals surface area contributed by atoms with Gasteiger partial charge in [-0.25, -0.2) is 4.98 Å². The van der Waals surface area contributed by atoms with Crippen molar-refractivity contribution >= 4 is 45.7 Å². The Morgan fingerprint density at radius 2 is 1.76 bits per heavy atom. The molecule has 0 aliphatic heterocycles. The number of carbonyl (C=O) groups excluding carboxylic acids is 2. The molecule has 2 aromatic carbocycles. The first-order valence-corrected chi connectivity index (χ1v) is 13.5. The van der Waals surface area contributed by atoms with Crippen molar-refractivity contribution in [1.82, 2.24) is 4.98 Å². The quantitative estimate of drug-likeness (QED) is 0.346. The Bertz CT molecular complexity index is 1150. The number of anilines is 2. The molecule has 178 valence electrons. The zero-order valence-corrected chi connectivity index (χ0v) is 21.5. The zero-order chi connectivity index (χ0) is 24.1. The van der Waals surface area contributed by atoms with E-state index in [1.165, 1.54) is 35.1 Å². The van der Waals surface area contributed by atoms with Gasteiger partial charge in [-0.15, -0.1) is 23.1 Å². The van der Waals surface area contributed by atoms with E-state index >= 15 is 0 Å². The smallest absolute Gasteiger partial charge is 0.239 e. The molecule has 1 heterocycles. The maximum Gasteiger partial charge on any atom is 0.239 e. The predicted molar refractivity (Wildman–Crippen MR) is 143 cm³/mol. The van der Waals surface area contributed by atoms with Gasteiger partial charge in [0.05, 0.1) is 10.9 Å². The fourth-order valence-electron chi connectivity index (χ4n) is 4.15. The molecule has 1 aromatic heterocycles. The molecule has 1 aliphatic carbocycles. The van der Waals surface area contributed by atoms with E-state index in [1.807, 2.05) is 38.1 Å². The van der Waals surface area contributed by atoms with E-state index in [4.69, 9.17) is 0 Å². The SMILES string of the molecule is Cc1ccc(-c2nc(NC(=O)C(C)Sc3cccc(NC(=O)C4CCCCC4)c3)sc2C)cc1. The van der Waals surface area contributed by atoms with Crippen LogP contribution in [0.1, 0.15) is 49.5 Å². The molecule has 1 aliphatic rings. The van der Waals surface area contributed by atoms with Crippen LogP contribution in [-0.2, 0) is 9.59 Å². The lowest BCUT2D eigenvalue weighted by Crippen LogP contribution is -2.24. The number of thioether (sulfide) groups is 1. The highest BCUT2D eigenvalue weighted by atomic mass is 32.2. The van der Waals surface area contributed by atoms with Crippen molar-refractivity contribution in [3.8, 4) is 11.3 Å². The van der Waals surface area contributed by atoms with Crippen molar-refractivity contribution in [3.05, 3.63) is 59.0 Å². The summed E-state index contributed by atoms with van der Waals surface area (Å²) in [6, 6.07) is 16.0. The molecule has 0 radical (unpaired) electrons. The molecule has 0 bridgehead atoms. The Morgan fingerprint density at radius 3 is 2.50 bits per heavy atom. The summed E-state index contributed by atoms with van der Waals surface area (Å²) in [5, 5.41) is 6.33. The molecule has 0 spiro atoms. The van der Waals surface area contributed by atoms with Crippen LogP contribution in [0.3, 0.4) is 0 Å². The fourth-order valence-corrected chi connectivity index (χ4v) is 5.92. The Hall–Kier alpha value is -2.64. The van der Waals surface area contributed by atoms with Gasteiger partial charge < -0.3 is 10.6 Å². The second-order valence-corrected chi connectivity index (χ2v) is 11.5. The molecule has 3 aromatic rings. The highest BCUT2D eigenvalue weighted by Crippen LogP contribution is 2.32. The van der Waals surface area contributed by atoms with E-state index in [-0.39, 0.29) is 23.0 Å². The normalized spacial score (nSPS) is 15.0. The van der Waals surface area contributed by atoms with Crippen LogP contribution in [0.15, 0.2) is 53.4 Å². The van der Waals surface area contributed by atoms with E-state index in [1.54, 1.807) is 0 Å². The average molecular weight is 494 g/mol. The number of hydrogen-bond donors (Lipinski definition) is 2. The predicted octanol–water partition coefficient (Wildman–Crippen LogP) is 7.07. The molecule has 4 rings (SSSR count). The van der Waals surface area contributed by atoms with Crippen LogP contribution >= 0.6 is 23.1 Å². The Kier molecular flexibility index (Phi) is 8.06. The minimum atomic E-state index is -0.309. The number of benzene rings is 2. The third kappa shape index (κ3) is 6.27. The number of nitrogens with one attached hydrogen (secondary N) is 2. The first kappa shape index (κ1) is 24.5. The topological polar surface area (TPSA) is 71.1 Å². The van der Waals surface area contributed by atoms with Gasteiger partial charge in [0.15, 0.2) is 5.13 Å². The second-order valence-electron chi connectivity index (χ2n) is 8.89. The van der Waals surface area contributed by atoms with Gasteiger partial charge in [-0.1, -0.05) is 55.2 Å². The first-order chi connectivity index (χ1) is 16.4. The summed E-state index contributed by atoms with van der Waals surface area (Å²) in [6.45, 7) is 5.96. The maximum atomic E-state index is 12.9. The van der Waals surface area contributed by atoms with Gasteiger partial charge in [0.1, 0.15) is 0 Å². The third-order valence-corrected chi connectivity index (χ3v) is 8.09. The fraction of sp³-hybridized carbons (Fsp3) is 0.370. The van der Waals surface area contributed by atoms with Crippen LogP contribution < -0.4 is 10.6 Å². The summed E-state index contributed by atoms with van der Waals surface area (Å²) in [4.78, 5) is 32.1. The number of carbonyl (C=O) groups is 2. The van der Waals surface area contributed by atoms with Gasteiger partial charge in [-0.05, 0) is 51.8 Å². The van der Waals surface area contributed by atoms with Crippen LogP contribution in [0, 0.1) is 19.8 Å². The second kappa shape index (κ2) is 11.2.